The van der Waals surface area contributed by atoms with Gasteiger partial charge < -0.3 is 59.9 Å². The summed E-state index contributed by atoms with van der Waals surface area (Å²) in [6.45, 7) is 6.23. The van der Waals surface area contributed by atoms with Gasteiger partial charge in [0.1, 0.15) is 31.9 Å². The number of ether oxygens (including phenoxy) is 5. The van der Waals surface area contributed by atoms with Gasteiger partial charge in [0, 0.05) is 62.6 Å². The van der Waals surface area contributed by atoms with Gasteiger partial charge in [-0.15, -0.1) is 0 Å². The van der Waals surface area contributed by atoms with Crippen molar-refractivity contribution in [3.8, 4) is 23.0 Å². The lowest BCUT2D eigenvalue weighted by molar-refractivity contribution is -0.137. The predicted molar refractivity (Wildman–Crippen MR) is 337 cm³/mol. The normalized spacial score (nSPS) is 17.7. The molecule has 5 atom stereocenters. The van der Waals surface area contributed by atoms with Crippen LogP contribution >= 0.6 is 0 Å². The highest BCUT2D eigenvalue weighted by molar-refractivity contribution is 6.13. The number of aliphatic hydroxyl groups is 1. The molecule has 5 aliphatic heterocycles. The number of rotatable bonds is 22. The number of unbranched alkanes of at least 4 members (excludes halogenated alkanes) is 2. The highest BCUT2D eigenvalue weighted by Gasteiger charge is 2.46. The number of hydrogen-bond donors (Lipinski definition) is 5. The molecule has 0 radical (unpaired) electrons. The van der Waals surface area contributed by atoms with E-state index in [0.29, 0.717) is 77.7 Å². The zero-order valence-electron chi connectivity index (χ0n) is 51.8. The highest BCUT2D eigenvalue weighted by atomic mass is 16.6. The average Bonchev–Trinajstić information content (AvgIpc) is 1.58. The molecule has 0 aliphatic carbocycles. The van der Waals surface area contributed by atoms with Crippen LogP contribution in [0, 0.1) is 5.92 Å². The Morgan fingerprint density at radius 2 is 1.26 bits per heavy atom. The summed E-state index contributed by atoms with van der Waals surface area (Å²) in [5.41, 5.74) is 7.34. The molecular weight excluding hydrogens is 1180 g/mol. The molecule has 0 spiro atoms. The number of carbonyl (C=O) groups is 8. The third kappa shape index (κ3) is 13.9. The van der Waals surface area contributed by atoms with Crippen molar-refractivity contribution >= 4 is 64.5 Å². The minimum atomic E-state index is -1.59. The third-order valence-corrected chi connectivity index (χ3v) is 17.2. The van der Waals surface area contributed by atoms with Crippen LogP contribution in [-0.2, 0) is 74.5 Å². The molecular formula is C69H73N9O14. The number of aromatic nitrogens is 1. The number of hydrogen-bond acceptors (Lipinski definition) is 16. The summed E-state index contributed by atoms with van der Waals surface area (Å²) in [7, 11) is 2.95. The van der Waals surface area contributed by atoms with Crippen LogP contribution in [0.25, 0.3) is 0 Å². The molecule has 6 heterocycles. The number of anilines is 3. The van der Waals surface area contributed by atoms with E-state index >= 15 is 0 Å². The van der Waals surface area contributed by atoms with Gasteiger partial charge >= 0.3 is 6.09 Å². The molecule has 478 valence electrons. The Balaban J connectivity index is 0.730. The number of aliphatic hydroxyl groups excluding tert-OH is 1. The van der Waals surface area contributed by atoms with Gasteiger partial charge in [-0.2, -0.15) is 0 Å². The SMILES string of the molecule is COc1cc2c(cc1OCc1cccc(COc3cc4c(cc3OC)C(=O)N3Cc5ccccc5C[C@H]3C(O)N4C(=O)OCc3ccc(NC(=O)[C@H](C)NC(=O)[C@@H](NC(=O)CCCCCN4C(=O)C=CC4=O)C(C)C)cc3)n1)NC[C@@H]1Cc3ccccc3CN1C2=O. The number of methoxy groups -OCH3 is 2. The summed E-state index contributed by atoms with van der Waals surface area (Å²) in [6.07, 6.45) is 2.61. The second-order valence-corrected chi connectivity index (χ2v) is 23.7. The fourth-order valence-corrected chi connectivity index (χ4v) is 12.1. The first-order chi connectivity index (χ1) is 44.4. The van der Waals surface area contributed by atoms with E-state index < -0.39 is 48.2 Å². The number of fused-ring (bicyclic) bond motifs is 6. The molecule has 92 heavy (non-hydrogen) atoms. The van der Waals surface area contributed by atoms with Crippen molar-refractivity contribution < 1.29 is 67.1 Å². The minimum absolute atomic E-state index is 0.0167. The average molecular weight is 1250 g/mol. The Morgan fingerprint density at radius 3 is 1.91 bits per heavy atom. The molecule has 0 fully saturated rings. The fraction of sp³-hybridized carbons (Fsp3) is 0.348. The van der Waals surface area contributed by atoms with E-state index in [4.69, 9.17) is 28.7 Å². The van der Waals surface area contributed by atoms with Crippen LogP contribution in [0.3, 0.4) is 0 Å². The second kappa shape index (κ2) is 27.8. The van der Waals surface area contributed by atoms with Gasteiger partial charge in [-0.25, -0.2) is 9.69 Å². The van der Waals surface area contributed by atoms with Crippen LogP contribution in [0.2, 0.25) is 0 Å². The molecule has 0 bridgehead atoms. The number of benzene rings is 5. The minimum Gasteiger partial charge on any atom is -0.493 e. The molecule has 23 nitrogen and oxygen atoms in total. The maximum atomic E-state index is 14.8. The van der Waals surface area contributed by atoms with Crippen molar-refractivity contribution in [2.75, 3.05) is 42.8 Å². The molecule has 1 aromatic heterocycles. The summed E-state index contributed by atoms with van der Waals surface area (Å²) in [5, 5.41) is 24.1. The molecule has 6 aromatic rings. The maximum Gasteiger partial charge on any atom is 0.416 e. The van der Waals surface area contributed by atoms with E-state index in [1.807, 2.05) is 47.4 Å². The van der Waals surface area contributed by atoms with Gasteiger partial charge in [0.15, 0.2) is 29.2 Å². The number of pyridine rings is 1. The van der Waals surface area contributed by atoms with E-state index in [1.165, 1.54) is 51.0 Å². The van der Waals surface area contributed by atoms with E-state index in [-0.39, 0.29) is 104 Å². The van der Waals surface area contributed by atoms with Gasteiger partial charge in [-0.1, -0.05) is 87.0 Å². The number of amides is 8. The Hall–Kier alpha value is -10.3. The van der Waals surface area contributed by atoms with Crippen molar-refractivity contribution in [1.82, 2.24) is 30.3 Å². The Labute approximate surface area is 532 Å². The lowest BCUT2D eigenvalue weighted by Crippen LogP contribution is -2.55. The summed E-state index contributed by atoms with van der Waals surface area (Å²) in [5.74, 6) is -1.86. The quantitative estimate of drug-likeness (QED) is 0.0328. The van der Waals surface area contributed by atoms with Crippen LogP contribution in [-0.4, -0.2) is 130 Å². The number of imide groups is 1. The van der Waals surface area contributed by atoms with Crippen LogP contribution < -0.4 is 45.1 Å². The summed E-state index contributed by atoms with van der Waals surface area (Å²) in [4.78, 5) is 117. The van der Waals surface area contributed by atoms with Crippen molar-refractivity contribution in [3.63, 3.8) is 0 Å². The standard InChI is InChI=1S/C69H73N9O14/c1-40(2)63(74-60(79)20-7-6-12-27-75-61(80)25-26-62(75)81)65(83)71-41(3)64(82)73-47-23-21-42(22-24-47)37-92-69(87)78-54-33-59(57(89-5)31-52(54)67(85)77-36-46-17-11-9-15-44(46)29-55(77)68(78)86)91-39-49-19-13-18-48(72-49)38-90-58-32-53-51(30-56(58)88-4)66(84)76-35-45-16-10-8-14-43(45)28-50(76)34-70-53/h8-11,13-19,21-26,30-33,40-41,50,55,63,68,70,86H,6-7,12,20,27-29,34-39H2,1-5H3,(H,71,83)(H,73,82)(H,74,79)/t41-,50-,55-,63-,68?/m0/s1. The number of nitrogens with zero attached hydrogens (tertiary/aromatic N) is 5. The first-order valence-electron chi connectivity index (χ1n) is 30.8. The van der Waals surface area contributed by atoms with Crippen molar-refractivity contribution in [2.24, 2.45) is 5.92 Å². The van der Waals surface area contributed by atoms with Gasteiger partial charge in [-0.3, -0.25) is 43.4 Å². The molecule has 8 amide bonds. The smallest absolute Gasteiger partial charge is 0.416 e. The third-order valence-electron chi connectivity index (χ3n) is 17.2. The highest BCUT2D eigenvalue weighted by Crippen LogP contribution is 2.43. The van der Waals surface area contributed by atoms with Crippen molar-refractivity contribution in [2.45, 2.75) is 123 Å². The van der Waals surface area contributed by atoms with Crippen molar-refractivity contribution in [3.05, 3.63) is 178 Å². The lowest BCUT2D eigenvalue weighted by Gasteiger charge is -2.39. The Bertz CT molecular complexity index is 3860. The van der Waals surface area contributed by atoms with E-state index in [1.54, 1.807) is 67.3 Å². The Kier molecular flexibility index (Phi) is 19.2. The molecule has 5 aromatic carbocycles. The van der Waals surface area contributed by atoms with Gasteiger partial charge in [0.2, 0.25) is 17.7 Å². The van der Waals surface area contributed by atoms with Gasteiger partial charge in [0.25, 0.3) is 23.6 Å². The molecule has 0 saturated heterocycles. The molecule has 0 saturated carbocycles. The number of nitrogens with one attached hydrogen (secondary N) is 4. The monoisotopic (exact) mass is 1250 g/mol. The summed E-state index contributed by atoms with van der Waals surface area (Å²) in [6, 6.07) is 31.3. The molecule has 23 heteroatoms. The van der Waals surface area contributed by atoms with Crippen LogP contribution in [0.4, 0.5) is 21.9 Å². The van der Waals surface area contributed by atoms with Crippen molar-refractivity contribution in [1.29, 1.82) is 0 Å². The first kappa shape index (κ1) is 63.3. The molecule has 11 rings (SSSR count). The second-order valence-electron chi connectivity index (χ2n) is 23.7. The first-order valence-corrected chi connectivity index (χ1v) is 30.8. The number of carbonyl (C=O) groups excluding carboxylic acids is 8. The maximum absolute atomic E-state index is 14.8. The van der Waals surface area contributed by atoms with Crippen LogP contribution in [0.5, 0.6) is 23.0 Å². The topological polar surface area (TPSA) is 277 Å². The zero-order chi connectivity index (χ0) is 64.7. The van der Waals surface area contributed by atoms with Gasteiger partial charge in [-0.05, 0) is 103 Å². The zero-order valence-corrected chi connectivity index (χ0v) is 51.8. The van der Waals surface area contributed by atoms with E-state index in [9.17, 15) is 43.5 Å². The summed E-state index contributed by atoms with van der Waals surface area (Å²) < 4.78 is 30.2. The van der Waals surface area contributed by atoms with E-state index in [0.717, 1.165) is 32.9 Å². The fourth-order valence-electron chi connectivity index (χ4n) is 12.1. The Morgan fingerprint density at radius 1 is 0.652 bits per heavy atom. The van der Waals surface area contributed by atoms with E-state index in [2.05, 4.69) is 33.4 Å². The molecule has 1 unspecified atom stereocenters. The largest absolute Gasteiger partial charge is 0.493 e. The molecule has 5 aliphatic rings. The van der Waals surface area contributed by atoms with Crippen LogP contribution in [0.15, 0.2) is 127 Å². The summed E-state index contributed by atoms with van der Waals surface area (Å²) >= 11 is 0. The lowest BCUT2D eigenvalue weighted by atomic mass is 9.93. The van der Waals surface area contributed by atoms with Crippen LogP contribution in [0.1, 0.15) is 106 Å². The predicted octanol–water partition coefficient (Wildman–Crippen LogP) is 7.36. The molecule has 5 N–H and O–H groups in total. The van der Waals surface area contributed by atoms with Gasteiger partial charge in [0.05, 0.1) is 60.2 Å².